The molecule has 0 bridgehead atoms. The van der Waals surface area contributed by atoms with E-state index in [1.54, 1.807) is 0 Å². The highest BCUT2D eigenvalue weighted by Gasteiger charge is 2.47. The molecule has 0 radical (unpaired) electrons. The van der Waals surface area contributed by atoms with Crippen molar-refractivity contribution in [3.05, 3.63) is 23.3 Å². The van der Waals surface area contributed by atoms with E-state index in [2.05, 4.69) is 4.99 Å². The van der Waals surface area contributed by atoms with E-state index in [0.29, 0.717) is 18.4 Å². The molecule has 0 atom stereocenters. The molecule has 0 aromatic heterocycles. The summed E-state index contributed by atoms with van der Waals surface area (Å²) in [6.45, 7) is 0. The maximum Gasteiger partial charge on any atom is 0.267 e. The minimum absolute atomic E-state index is 0.0678. The minimum Gasteiger partial charge on any atom is -0.496 e. The van der Waals surface area contributed by atoms with Gasteiger partial charge in [-0.1, -0.05) is 0 Å². The molecule has 0 spiro atoms. The van der Waals surface area contributed by atoms with Gasteiger partial charge < -0.3 is 9.47 Å². The highest BCUT2D eigenvalue weighted by molar-refractivity contribution is 5.53. The Morgan fingerprint density at radius 2 is 1.89 bits per heavy atom. The van der Waals surface area contributed by atoms with Crippen molar-refractivity contribution in [3.63, 3.8) is 0 Å². The van der Waals surface area contributed by atoms with Crippen LogP contribution in [-0.4, -0.2) is 20.3 Å². The minimum atomic E-state index is -2.66. The van der Waals surface area contributed by atoms with Crippen LogP contribution in [0.5, 0.6) is 11.5 Å². The van der Waals surface area contributed by atoms with Crippen LogP contribution in [-0.2, 0) is 10.3 Å². The summed E-state index contributed by atoms with van der Waals surface area (Å²) in [6, 6.07) is 2.70. The Morgan fingerprint density at radius 3 is 2.32 bits per heavy atom. The van der Waals surface area contributed by atoms with Gasteiger partial charge in [0.25, 0.3) is 6.43 Å². The second kappa shape index (κ2) is 4.97. The van der Waals surface area contributed by atoms with E-state index in [1.165, 1.54) is 32.4 Å². The normalized spacial score (nSPS) is 15.8. The summed E-state index contributed by atoms with van der Waals surface area (Å²) in [4.78, 5) is 14.2. The molecule has 0 unspecified atom stereocenters. The molecule has 102 valence electrons. The topological polar surface area (TPSA) is 47.9 Å². The van der Waals surface area contributed by atoms with Crippen LogP contribution in [0.25, 0.3) is 0 Å². The first-order valence-corrected chi connectivity index (χ1v) is 5.71. The van der Waals surface area contributed by atoms with Crippen LogP contribution in [0.1, 0.15) is 30.4 Å². The van der Waals surface area contributed by atoms with Crippen molar-refractivity contribution in [1.82, 2.24) is 0 Å². The van der Waals surface area contributed by atoms with Gasteiger partial charge in [0.05, 0.1) is 19.8 Å². The molecule has 1 aliphatic carbocycles. The zero-order valence-electron chi connectivity index (χ0n) is 10.6. The fourth-order valence-electron chi connectivity index (χ4n) is 2.10. The van der Waals surface area contributed by atoms with Crippen LogP contribution < -0.4 is 9.47 Å². The molecule has 0 saturated heterocycles. The van der Waals surface area contributed by atoms with Crippen molar-refractivity contribution in [2.24, 2.45) is 4.99 Å². The van der Waals surface area contributed by atoms with E-state index in [0.717, 1.165) is 0 Å². The van der Waals surface area contributed by atoms with Gasteiger partial charge >= 0.3 is 0 Å². The third kappa shape index (κ3) is 2.31. The first kappa shape index (κ1) is 13.5. The Bertz CT molecular complexity index is 535. The Labute approximate surface area is 109 Å². The first-order chi connectivity index (χ1) is 9.07. The van der Waals surface area contributed by atoms with Gasteiger partial charge in [-0.3, -0.25) is 0 Å². The summed E-state index contributed by atoms with van der Waals surface area (Å²) < 4.78 is 35.9. The number of halogens is 2. The van der Waals surface area contributed by atoms with Crippen molar-refractivity contribution < 1.29 is 23.0 Å². The van der Waals surface area contributed by atoms with Crippen LogP contribution in [0.2, 0.25) is 0 Å². The number of hydrogen-bond donors (Lipinski definition) is 0. The average Bonchev–Trinajstić information content (AvgIpc) is 3.18. The van der Waals surface area contributed by atoms with Crippen molar-refractivity contribution in [3.8, 4) is 11.5 Å². The number of isocyanates is 1. The lowest BCUT2D eigenvalue weighted by Gasteiger charge is -2.17. The van der Waals surface area contributed by atoms with Gasteiger partial charge in [0.1, 0.15) is 17.0 Å². The van der Waals surface area contributed by atoms with Crippen LogP contribution in [0.4, 0.5) is 8.78 Å². The van der Waals surface area contributed by atoms with Gasteiger partial charge in [0, 0.05) is 5.56 Å². The molecule has 1 fully saturated rings. The van der Waals surface area contributed by atoms with E-state index in [9.17, 15) is 13.6 Å². The van der Waals surface area contributed by atoms with Gasteiger partial charge in [-0.25, -0.2) is 13.6 Å². The number of alkyl halides is 2. The van der Waals surface area contributed by atoms with Gasteiger partial charge in [0.2, 0.25) is 6.08 Å². The maximum atomic E-state index is 12.9. The lowest BCUT2D eigenvalue weighted by atomic mass is 10.0. The van der Waals surface area contributed by atoms with E-state index in [-0.39, 0.29) is 17.1 Å². The average molecular weight is 269 g/mol. The van der Waals surface area contributed by atoms with E-state index in [1.807, 2.05) is 0 Å². The highest BCUT2D eigenvalue weighted by Crippen LogP contribution is 2.54. The smallest absolute Gasteiger partial charge is 0.267 e. The second-order valence-corrected chi connectivity index (χ2v) is 4.33. The molecule has 1 aliphatic rings. The lowest BCUT2D eigenvalue weighted by Crippen LogP contribution is -2.07. The number of rotatable bonds is 5. The molecule has 2 rings (SSSR count). The molecule has 0 amide bonds. The number of benzene rings is 1. The van der Waals surface area contributed by atoms with Gasteiger partial charge in [-0.05, 0) is 25.0 Å². The molecular weight excluding hydrogens is 256 g/mol. The lowest BCUT2D eigenvalue weighted by molar-refractivity contribution is 0.146. The number of methoxy groups -OCH3 is 2. The van der Waals surface area contributed by atoms with Crippen LogP contribution in [0.15, 0.2) is 17.1 Å². The third-order valence-corrected chi connectivity index (χ3v) is 3.27. The third-order valence-electron chi connectivity index (χ3n) is 3.27. The van der Waals surface area contributed by atoms with Crippen molar-refractivity contribution in [2.75, 3.05) is 14.2 Å². The number of ether oxygens (including phenoxy) is 2. The van der Waals surface area contributed by atoms with E-state index in [4.69, 9.17) is 9.47 Å². The summed E-state index contributed by atoms with van der Waals surface area (Å²) in [5, 5.41) is 0. The Hall–Kier alpha value is -1.94. The second-order valence-electron chi connectivity index (χ2n) is 4.33. The van der Waals surface area contributed by atoms with Gasteiger partial charge in [-0.15, -0.1) is 0 Å². The molecule has 0 heterocycles. The summed E-state index contributed by atoms with van der Waals surface area (Å²) in [7, 11) is 2.71. The quantitative estimate of drug-likeness (QED) is 0.610. The zero-order chi connectivity index (χ0) is 14.0. The Morgan fingerprint density at radius 1 is 1.26 bits per heavy atom. The Kier molecular flexibility index (Phi) is 3.53. The number of nitrogens with zero attached hydrogens (tertiary/aromatic N) is 1. The molecule has 1 aromatic rings. The molecule has 19 heavy (non-hydrogen) atoms. The number of hydrogen-bond acceptors (Lipinski definition) is 4. The fourth-order valence-corrected chi connectivity index (χ4v) is 2.10. The standard InChI is InChI=1S/C13H13F2NO3/c1-18-10-6-9(13(3-4-13)16-7-17)11(19-2)5-8(10)12(14)15/h5-6,12H,3-4H2,1-2H3. The fraction of sp³-hybridized carbons (Fsp3) is 0.462. The van der Waals surface area contributed by atoms with Crippen molar-refractivity contribution >= 4 is 6.08 Å². The van der Waals surface area contributed by atoms with Gasteiger partial charge in [-0.2, -0.15) is 4.99 Å². The van der Waals surface area contributed by atoms with Crippen LogP contribution in [0.3, 0.4) is 0 Å². The summed E-state index contributed by atoms with van der Waals surface area (Å²) in [5.74, 6) is 0.353. The summed E-state index contributed by atoms with van der Waals surface area (Å²) in [5.41, 5.74) is -0.352. The molecule has 0 aliphatic heterocycles. The van der Waals surface area contributed by atoms with Gasteiger partial charge in [0.15, 0.2) is 0 Å². The van der Waals surface area contributed by atoms with Crippen LogP contribution in [0, 0.1) is 0 Å². The summed E-state index contributed by atoms with van der Waals surface area (Å²) in [6.07, 6.45) is 0.186. The molecule has 1 saturated carbocycles. The van der Waals surface area contributed by atoms with Crippen LogP contribution >= 0.6 is 0 Å². The molecule has 1 aromatic carbocycles. The number of carbonyl (C=O) groups excluding carboxylic acids is 1. The molecule has 0 N–H and O–H groups in total. The van der Waals surface area contributed by atoms with E-state index >= 15 is 0 Å². The number of aliphatic imine (C=N–C) groups is 1. The summed E-state index contributed by atoms with van der Waals surface area (Å²) >= 11 is 0. The predicted octanol–water partition coefficient (Wildman–Crippen LogP) is 2.97. The SMILES string of the molecule is COc1cc(C2(N=C=O)CC2)c(OC)cc1C(F)F. The van der Waals surface area contributed by atoms with Crippen molar-refractivity contribution in [2.45, 2.75) is 24.8 Å². The van der Waals surface area contributed by atoms with Crippen molar-refractivity contribution in [1.29, 1.82) is 0 Å². The maximum absolute atomic E-state index is 12.9. The largest absolute Gasteiger partial charge is 0.496 e. The van der Waals surface area contributed by atoms with E-state index < -0.39 is 12.0 Å². The molecule has 4 nitrogen and oxygen atoms in total. The Balaban J connectivity index is 2.58. The predicted molar refractivity (Wildman–Crippen MR) is 63.5 cm³/mol. The first-order valence-electron chi connectivity index (χ1n) is 5.71. The molecular formula is C13H13F2NO3. The zero-order valence-corrected chi connectivity index (χ0v) is 10.6. The monoisotopic (exact) mass is 269 g/mol. The highest BCUT2D eigenvalue weighted by atomic mass is 19.3. The molecule has 6 heteroatoms.